The van der Waals surface area contributed by atoms with Crippen molar-refractivity contribution in [2.24, 2.45) is 7.05 Å². The Morgan fingerprint density at radius 1 is 1.25 bits per heavy atom. The molecule has 32 heavy (non-hydrogen) atoms. The predicted octanol–water partition coefficient (Wildman–Crippen LogP) is 3.30. The van der Waals surface area contributed by atoms with Gasteiger partial charge in [0, 0.05) is 31.5 Å². The number of hydrogen-bond donors (Lipinski definition) is 1. The number of imidazole rings is 1. The van der Waals surface area contributed by atoms with E-state index in [2.05, 4.69) is 20.5 Å². The quantitative estimate of drug-likeness (QED) is 0.389. The minimum atomic E-state index is -0.457. The van der Waals surface area contributed by atoms with E-state index in [9.17, 15) is 4.79 Å². The molecule has 1 amide bonds. The van der Waals surface area contributed by atoms with Crippen molar-refractivity contribution in [3.63, 3.8) is 0 Å². The van der Waals surface area contributed by atoms with Crippen molar-refractivity contribution in [1.29, 1.82) is 0 Å². The third-order valence-electron chi connectivity index (χ3n) is 4.98. The molecule has 0 aliphatic rings. The maximum Gasteiger partial charge on any atom is 0.231 e. The van der Waals surface area contributed by atoms with Gasteiger partial charge in [0.2, 0.25) is 5.91 Å². The highest BCUT2D eigenvalue weighted by molar-refractivity contribution is 7.99. The smallest absolute Gasteiger partial charge is 0.231 e. The summed E-state index contributed by atoms with van der Waals surface area (Å²) in [6.07, 6.45) is 5.15. The first-order chi connectivity index (χ1) is 15.6. The molecule has 10 heteroatoms. The number of methoxy groups -OCH3 is 1. The Balaban J connectivity index is 1.52. The molecule has 3 heterocycles. The van der Waals surface area contributed by atoms with Crippen LogP contribution in [0.2, 0.25) is 0 Å². The van der Waals surface area contributed by atoms with E-state index in [0.29, 0.717) is 34.9 Å². The van der Waals surface area contributed by atoms with Crippen molar-refractivity contribution in [3.05, 3.63) is 66.4 Å². The molecule has 166 valence electrons. The van der Waals surface area contributed by atoms with Crippen LogP contribution in [0, 0.1) is 0 Å². The van der Waals surface area contributed by atoms with E-state index >= 15 is 0 Å². The predicted molar refractivity (Wildman–Crippen MR) is 120 cm³/mol. The summed E-state index contributed by atoms with van der Waals surface area (Å²) in [5.74, 6) is 2.69. The monoisotopic (exact) mass is 452 g/mol. The number of furan rings is 1. The van der Waals surface area contributed by atoms with Gasteiger partial charge < -0.3 is 19.0 Å². The van der Waals surface area contributed by atoms with Gasteiger partial charge in [-0.1, -0.05) is 30.0 Å². The van der Waals surface area contributed by atoms with Gasteiger partial charge in [-0.05, 0) is 25.1 Å². The van der Waals surface area contributed by atoms with Gasteiger partial charge in [0.15, 0.2) is 16.7 Å². The van der Waals surface area contributed by atoms with Crippen molar-refractivity contribution in [1.82, 2.24) is 29.6 Å². The first-order valence-electron chi connectivity index (χ1n) is 10.1. The highest BCUT2D eigenvalue weighted by Crippen LogP contribution is 2.29. The Labute approximate surface area is 189 Å². The zero-order valence-corrected chi connectivity index (χ0v) is 18.9. The minimum Gasteiger partial charge on any atom is -0.496 e. The number of thioether (sulfide) groups is 1. The molecule has 1 N–H and O–H groups in total. The van der Waals surface area contributed by atoms with E-state index in [1.54, 1.807) is 25.6 Å². The number of hydrogen-bond acceptors (Lipinski definition) is 7. The van der Waals surface area contributed by atoms with Crippen molar-refractivity contribution < 1.29 is 13.9 Å². The molecule has 0 aliphatic carbocycles. The van der Waals surface area contributed by atoms with Gasteiger partial charge in [0.1, 0.15) is 17.6 Å². The first kappa shape index (κ1) is 21.7. The molecule has 0 aliphatic heterocycles. The van der Waals surface area contributed by atoms with Crippen LogP contribution in [0.25, 0.3) is 11.6 Å². The number of nitrogens with zero attached hydrogens (tertiary/aromatic N) is 5. The van der Waals surface area contributed by atoms with E-state index < -0.39 is 6.04 Å². The fraction of sp³-hybridized carbons (Fsp3) is 0.273. The fourth-order valence-corrected chi connectivity index (χ4v) is 4.26. The largest absolute Gasteiger partial charge is 0.496 e. The van der Waals surface area contributed by atoms with Crippen molar-refractivity contribution >= 4 is 17.7 Å². The van der Waals surface area contributed by atoms with Crippen molar-refractivity contribution in [2.75, 3.05) is 12.9 Å². The second kappa shape index (κ2) is 9.73. The number of aryl methyl sites for hydroxylation is 1. The van der Waals surface area contributed by atoms with Gasteiger partial charge in [-0.25, -0.2) is 4.98 Å². The molecule has 0 saturated carbocycles. The molecule has 9 nitrogen and oxygen atoms in total. The summed E-state index contributed by atoms with van der Waals surface area (Å²) in [7, 11) is 3.51. The number of nitrogens with one attached hydrogen (secondary N) is 1. The van der Waals surface area contributed by atoms with Gasteiger partial charge in [-0.15, -0.1) is 10.2 Å². The van der Waals surface area contributed by atoms with Crippen LogP contribution < -0.4 is 10.1 Å². The number of amides is 1. The maximum atomic E-state index is 13.0. The van der Waals surface area contributed by atoms with Gasteiger partial charge in [-0.2, -0.15) is 0 Å². The molecule has 0 radical (unpaired) electrons. The van der Waals surface area contributed by atoms with Crippen LogP contribution in [0.1, 0.15) is 24.4 Å². The van der Waals surface area contributed by atoms with Crippen LogP contribution in [-0.4, -0.2) is 43.1 Å². The number of rotatable bonds is 9. The van der Waals surface area contributed by atoms with Crippen LogP contribution in [0.5, 0.6) is 5.75 Å². The summed E-state index contributed by atoms with van der Waals surface area (Å²) < 4.78 is 14.8. The van der Waals surface area contributed by atoms with E-state index in [1.165, 1.54) is 11.8 Å². The molecule has 1 unspecified atom stereocenters. The van der Waals surface area contributed by atoms with Crippen molar-refractivity contribution in [2.45, 2.75) is 24.7 Å². The Hall–Kier alpha value is -3.53. The maximum absolute atomic E-state index is 13.0. The zero-order chi connectivity index (χ0) is 22.5. The molecule has 4 rings (SSSR count). The summed E-state index contributed by atoms with van der Waals surface area (Å²) in [5.41, 5.74) is 0.833. The Kier molecular flexibility index (Phi) is 6.60. The lowest BCUT2D eigenvalue weighted by atomic mass is 10.0. The summed E-state index contributed by atoms with van der Waals surface area (Å²) >= 11 is 1.32. The van der Waals surface area contributed by atoms with Gasteiger partial charge >= 0.3 is 0 Å². The van der Waals surface area contributed by atoms with E-state index in [0.717, 1.165) is 5.56 Å². The topological polar surface area (TPSA) is 100 Å². The lowest BCUT2D eigenvalue weighted by Crippen LogP contribution is -2.32. The number of ether oxygens (including phenoxy) is 1. The summed E-state index contributed by atoms with van der Waals surface area (Å²) in [6, 6.07) is 10.8. The zero-order valence-electron chi connectivity index (χ0n) is 18.1. The highest BCUT2D eigenvalue weighted by Gasteiger charge is 2.24. The molecular formula is C22H24N6O3S. The number of benzene rings is 1. The second-order valence-electron chi connectivity index (χ2n) is 6.96. The van der Waals surface area contributed by atoms with Crippen molar-refractivity contribution in [3.8, 4) is 17.3 Å². The Morgan fingerprint density at radius 2 is 2.09 bits per heavy atom. The number of carbonyl (C=O) groups excluding carboxylic acids is 1. The van der Waals surface area contributed by atoms with Gasteiger partial charge in [0.05, 0.1) is 19.1 Å². The Bertz CT molecular complexity index is 1180. The summed E-state index contributed by atoms with van der Waals surface area (Å²) in [6.45, 7) is 2.66. The SMILES string of the molecule is CCn1c(SCC(=O)NC(c2ccccc2OC)c2nccn2C)nnc1-c1ccco1. The third kappa shape index (κ3) is 4.40. The lowest BCUT2D eigenvalue weighted by molar-refractivity contribution is -0.119. The fourth-order valence-electron chi connectivity index (χ4n) is 3.44. The molecule has 3 aromatic heterocycles. The lowest BCUT2D eigenvalue weighted by Gasteiger charge is -2.21. The molecule has 0 fully saturated rings. The normalized spacial score (nSPS) is 12.0. The second-order valence-corrected chi connectivity index (χ2v) is 7.90. The molecular weight excluding hydrogens is 428 g/mol. The van der Waals surface area contributed by atoms with Gasteiger partial charge in [0.25, 0.3) is 0 Å². The number of carbonyl (C=O) groups is 1. The highest BCUT2D eigenvalue weighted by atomic mass is 32.2. The molecule has 1 atom stereocenters. The average Bonchev–Trinajstić information content (AvgIpc) is 3.56. The van der Waals surface area contributed by atoms with Crippen LogP contribution in [0.4, 0.5) is 0 Å². The van der Waals surface area contributed by atoms with Crippen LogP contribution in [0.3, 0.4) is 0 Å². The summed E-state index contributed by atoms with van der Waals surface area (Å²) in [4.78, 5) is 17.4. The number of para-hydroxylation sites is 1. The first-order valence-corrected chi connectivity index (χ1v) is 11.1. The van der Waals surface area contributed by atoms with Gasteiger partial charge in [-0.3, -0.25) is 9.36 Å². The molecule has 4 aromatic rings. The third-order valence-corrected chi connectivity index (χ3v) is 5.95. The molecule has 0 bridgehead atoms. The van der Waals surface area contributed by atoms with Crippen LogP contribution in [0.15, 0.2) is 64.6 Å². The summed E-state index contributed by atoms with van der Waals surface area (Å²) in [5, 5.41) is 12.2. The molecule has 0 saturated heterocycles. The molecule has 1 aromatic carbocycles. The van der Waals surface area contributed by atoms with Crippen LogP contribution >= 0.6 is 11.8 Å². The molecule has 0 spiro atoms. The standard InChI is InChI=1S/C22H24N6O3S/c1-4-28-20(17-10-7-13-31-17)25-26-22(28)32-14-18(29)24-19(21-23-11-12-27(21)2)15-8-5-6-9-16(15)30-3/h5-13,19H,4,14H2,1-3H3,(H,24,29). The van der Waals surface area contributed by atoms with E-state index in [1.807, 2.05) is 59.6 Å². The number of aromatic nitrogens is 5. The Morgan fingerprint density at radius 3 is 2.78 bits per heavy atom. The average molecular weight is 453 g/mol. The minimum absolute atomic E-state index is 0.154. The van der Waals surface area contributed by atoms with E-state index in [-0.39, 0.29) is 11.7 Å². The van der Waals surface area contributed by atoms with E-state index in [4.69, 9.17) is 9.15 Å². The van der Waals surface area contributed by atoms with Crippen LogP contribution in [-0.2, 0) is 18.4 Å².